The summed E-state index contributed by atoms with van der Waals surface area (Å²) in [5.41, 5.74) is 6.37. The van der Waals surface area contributed by atoms with E-state index in [1.165, 1.54) is 6.92 Å². The van der Waals surface area contributed by atoms with Crippen LogP contribution in [0.1, 0.15) is 65.4 Å². The van der Waals surface area contributed by atoms with Crippen molar-refractivity contribution in [2.45, 2.75) is 72.4 Å². The zero-order chi connectivity index (χ0) is 31.5. The van der Waals surface area contributed by atoms with Crippen molar-refractivity contribution in [2.75, 3.05) is 31.6 Å². The van der Waals surface area contributed by atoms with Gasteiger partial charge in [0.1, 0.15) is 6.61 Å². The standard InChI is InChI=1S/C29H45N5O8/c1-5-25(37)31-14-16-41-15-12-26(38)34-27(19(2)3)24(36)17-22(7-6-13-32-29(30)40)28(39)33-23-10-8-21(9-11-23)18-42-20(4)35/h8-11,19,22,27H,5-7,12-18H2,1-4H3,(H,31,37)(H,33,39)(H,34,38)(H3,30,32,40)/t22-,27+/m1/s1. The highest BCUT2D eigenvalue weighted by Crippen LogP contribution is 2.19. The SMILES string of the molecule is CCC(=O)NCCOCCC(=O)N[C@H](C(=O)C[C@@H](CCCNC(N)=O)C(=O)Nc1ccc(COC(C)=O)cc1)C(C)C. The molecule has 13 heteroatoms. The minimum absolute atomic E-state index is 0.0361. The van der Waals surface area contributed by atoms with Gasteiger partial charge >= 0.3 is 12.0 Å². The topological polar surface area (TPSA) is 195 Å². The average Bonchev–Trinajstić information content (AvgIpc) is 2.94. The zero-order valence-electron chi connectivity index (χ0n) is 25.0. The van der Waals surface area contributed by atoms with Crippen molar-refractivity contribution in [3.05, 3.63) is 29.8 Å². The number of urea groups is 1. The number of hydrogen-bond donors (Lipinski definition) is 5. The smallest absolute Gasteiger partial charge is 0.312 e. The van der Waals surface area contributed by atoms with Gasteiger partial charge in [-0.25, -0.2) is 4.79 Å². The maximum absolute atomic E-state index is 13.3. The molecular weight excluding hydrogens is 546 g/mol. The number of primary amides is 1. The molecule has 6 N–H and O–H groups in total. The van der Waals surface area contributed by atoms with Crippen LogP contribution in [0.4, 0.5) is 10.5 Å². The Kier molecular flexibility index (Phi) is 17.1. The Balaban J connectivity index is 2.77. The third-order valence-corrected chi connectivity index (χ3v) is 6.20. The fourth-order valence-electron chi connectivity index (χ4n) is 3.89. The van der Waals surface area contributed by atoms with Gasteiger partial charge in [-0.2, -0.15) is 0 Å². The first-order valence-corrected chi connectivity index (χ1v) is 14.2. The van der Waals surface area contributed by atoms with Crippen LogP contribution in [-0.2, 0) is 40.1 Å². The maximum atomic E-state index is 13.3. The molecule has 234 valence electrons. The Morgan fingerprint density at radius 1 is 0.929 bits per heavy atom. The number of ketones is 1. The second-order valence-corrected chi connectivity index (χ2v) is 10.1. The van der Waals surface area contributed by atoms with Crippen LogP contribution in [0, 0.1) is 11.8 Å². The number of Topliss-reactive ketones (excluding diaryl/α,β-unsaturated/α-hetero) is 1. The Labute approximate surface area is 247 Å². The molecule has 13 nitrogen and oxygen atoms in total. The van der Waals surface area contributed by atoms with E-state index < -0.39 is 24.0 Å². The second kappa shape index (κ2) is 20.0. The summed E-state index contributed by atoms with van der Waals surface area (Å²) in [4.78, 5) is 72.3. The maximum Gasteiger partial charge on any atom is 0.312 e. The van der Waals surface area contributed by atoms with Gasteiger partial charge in [0.05, 0.1) is 19.3 Å². The van der Waals surface area contributed by atoms with Gasteiger partial charge in [-0.15, -0.1) is 0 Å². The Morgan fingerprint density at radius 2 is 1.62 bits per heavy atom. The molecule has 0 saturated carbocycles. The van der Waals surface area contributed by atoms with E-state index in [9.17, 15) is 28.8 Å². The largest absolute Gasteiger partial charge is 0.461 e. The van der Waals surface area contributed by atoms with Gasteiger partial charge in [-0.05, 0) is 36.5 Å². The van der Waals surface area contributed by atoms with Crippen LogP contribution in [0.15, 0.2) is 24.3 Å². The molecule has 0 spiro atoms. The quantitative estimate of drug-likeness (QED) is 0.112. The monoisotopic (exact) mass is 591 g/mol. The summed E-state index contributed by atoms with van der Waals surface area (Å²) in [7, 11) is 0. The molecule has 0 heterocycles. The molecule has 0 saturated heterocycles. The van der Waals surface area contributed by atoms with Gasteiger partial charge in [0.25, 0.3) is 0 Å². The molecule has 0 radical (unpaired) electrons. The number of amides is 5. The van der Waals surface area contributed by atoms with E-state index >= 15 is 0 Å². The molecule has 1 aromatic rings. The van der Waals surface area contributed by atoms with Gasteiger partial charge in [0.2, 0.25) is 17.7 Å². The number of benzene rings is 1. The molecule has 0 aliphatic carbocycles. The summed E-state index contributed by atoms with van der Waals surface area (Å²) in [5, 5.41) is 10.7. The third-order valence-electron chi connectivity index (χ3n) is 6.20. The van der Waals surface area contributed by atoms with Gasteiger partial charge < -0.3 is 36.5 Å². The van der Waals surface area contributed by atoms with Gasteiger partial charge in [0, 0.05) is 50.9 Å². The van der Waals surface area contributed by atoms with Crippen molar-refractivity contribution in [1.29, 1.82) is 0 Å². The van der Waals surface area contributed by atoms with E-state index in [2.05, 4.69) is 21.3 Å². The van der Waals surface area contributed by atoms with E-state index in [0.717, 1.165) is 5.56 Å². The predicted octanol–water partition coefficient (Wildman–Crippen LogP) is 1.79. The number of carbonyl (C=O) groups excluding carboxylic acids is 6. The minimum atomic E-state index is -0.805. The molecule has 0 aromatic heterocycles. The molecule has 1 rings (SSSR count). The number of carbonyl (C=O) groups is 6. The van der Waals surface area contributed by atoms with Crippen molar-refractivity contribution in [3.8, 4) is 0 Å². The van der Waals surface area contributed by atoms with Crippen molar-refractivity contribution >= 4 is 41.2 Å². The highest BCUT2D eigenvalue weighted by molar-refractivity contribution is 5.97. The van der Waals surface area contributed by atoms with Crippen molar-refractivity contribution < 1.29 is 38.2 Å². The molecule has 5 amide bonds. The number of ether oxygens (including phenoxy) is 2. The van der Waals surface area contributed by atoms with Crippen LogP contribution >= 0.6 is 0 Å². The molecular formula is C29H45N5O8. The second-order valence-electron chi connectivity index (χ2n) is 10.1. The van der Waals surface area contributed by atoms with E-state index in [1.807, 2.05) is 0 Å². The molecule has 0 unspecified atom stereocenters. The number of esters is 1. The lowest BCUT2D eigenvalue weighted by Crippen LogP contribution is -2.46. The van der Waals surface area contributed by atoms with Crippen LogP contribution in [0.2, 0.25) is 0 Å². The van der Waals surface area contributed by atoms with E-state index in [4.69, 9.17) is 15.2 Å². The summed E-state index contributed by atoms with van der Waals surface area (Å²) in [6, 6.07) is 5.27. The fourth-order valence-corrected chi connectivity index (χ4v) is 3.89. The first kappa shape index (κ1) is 36.0. The van der Waals surface area contributed by atoms with Gasteiger partial charge in [0.15, 0.2) is 5.78 Å². The van der Waals surface area contributed by atoms with Crippen LogP contribution < -0.4 is 27.0 Å². The number of rotatable bonds is 20. The number of nitrogens with one attached hydrogen (secondary N) is 4. The lowest BCUT2D eigenvalue weighted by molar-refractivity contribution is -0.142. The molecule has 0 fully saturated rings. The summed E-state index contributed by atoms with van der Waals surface area (Å²) < 4.78 is 10.4. The Hall–Kier alpha value is -4.00. The summed E-state index contributed by atoms with van der Waals surface area (Å²) in [6.07, 6.45) is 0.998. The van der Waals surface area contributed by atoms with Crippen LogP contribution in [0.3, 0.4) is 0 Å². The summed E-state index contributed by atoms with van der Waals surface area (Å²) in [5.74, 6) is -2.47. The molecule has 0 bridgehead atoms. The van der Waals surface area contributed by atoms with E-state index in [-0.39, 0.29) is 68.6 Å². The summed E-state index contributed by atoms with van der Waals surface area (Å²) in [6.45, 7) is 7.77. The summed E-state index contributed by atoms with van der Waals surface area (Å²) >= 11 is 0. The number of anilines is 1. The molecule has 2 atom stereocenters. The lowest BCUT2D eigenvalue weighted by atomic mass is 9.89. The molecule has 1 aromatic carbocycles. The number of hydrogen-bond acceptors (Lipinski definition) is 8. The van der Waals surface area contributed by atoms with Crippen molar-refractivity contribution in [1.82, 2.24) is 16.0 Å². The van der Waals surface area contributed by atoms with Crippen molar-refractivity contribution in [2.24, 2.45) is 17.6 Å². The zero-order valence-corrected chi connectivity index (χ0v) is 25.0. The van der Waals surface area contributed by atoms with Crippen LogP contribution in [0.5, 0.6) is 0 Å². The molecule has 42 heavy (non-hydrogen) atoms. The Bertz CT molecular complexity index is 1040. The first-order chi connectivity index (χ1) is 19.9. The fraction of sp³-hybridized carbons (Fsp3) is 0.586. The minimum Gasteiger partial charge on any atom is -0.461 e. The lowest BCUT2D eigenvalue weighted by Gasteiger charge is -2.24. The average molecular weight is 592 g/mol. The van der Waals surface area contributed by atoms with Crippen LogP contribution in [-0.4, -0.2) is 67.9 Å². The molecule has 0 aliphatic rings. The van der Waals surface area contributed by atoms with Gasteiger partial charge in [-0.1, -0.05) is 32.9 Å². The van der Waals surface area contributed by atoms with E-state index in [0.29, 0.717) is 31.5 Å². The normalized spacial score (nSPS) is 12.1. The molecule has 0 aliphatic heterocycles. The highest BCUT2D eigenvalue weighted by atomic mass is 16.5. The van der Waals surface area contributed by atoms with E-state index in [1.54, 1.807) is 45.0 Å². The van der Waals surface area contributed by atoms with Gasteiger partial charge in [-0.3, -0.25) is 24.0 Å². The van der Waals surface area contributed by atoms with Crippen molar-refractivity contribution in [3.63, 3.8) is 0 Å². The number of nitrogens with two attached hydrogens (primary N) is 1. The highest BCUT2D eigenvalue weighted by Gasteiger charge is 2.29. The Morgan fingerprint density at radius 3 is 2.21 bits per heavy atom. The first-order valence-electron chi connectivity index (χ1n) is 14.2. The predicted molar refractivity (Wildman–Crippen MR) is 156 cm³/mol. The third kappa shape index (κ3) is 15.7. The van der Waals surface area contributed by atoms with Crippen LogP contribution in [0.25, 0.3) is 0 Å².